The molecular weight excluding hydrogens is 240 g/mol. The van der Waals surface area contributed by atoms with Crippen molar-refractivity contribution < 1.29 is 14.6 Å². The van der Waals surface area contributed by atoms with Crippen LogP contribution in [0.25, 0.3) is 0 Å². The highest BCUT2D eigenvalue weighted by Gasteiger charge is 2.07. The molecule has 0 saturated carbocycles. The average molecular weight is 266 g/mol. The number of rotatable bonds is 10. The first kappa shape index (κ1) is 16.0. The van der Waals surface area contributed by atoms with Crippen LogP contribution < -0.4 is 0 Å². The molecule has 0 aliphatic heterocycles. The molecule has 0 saturated heterocycles. The summed E-state index contributed by atoms with van der Waals surface area (Å²) in [6.45, 7) is 6.69. The van der Waals surface area contributed by atoms with Crippen molar-refractivity contribution in [2.45, 2.75) is 52.7 Å². The van der Waals surface area contributed by atoms with Crippen LogP contribution in [0, 0.1) is 0 Å². The Balaban J connectivity index is 2.44. The van der Waals surface area contributed by atoms with Gasteiger partial charge in [-0.05, 0) is 12.8 Å². The highest BCUT2D eigenvalue weighted by atomic mass is 16.5. The van der Waals surface area contributed by atoms with Crippen LogP contribution in [-0.2, 0) is 22.7 Å². The minimum absolute atomic E-state index is 0.315. The smallest absolute Gasteiger partial charge is 0.126 e. The van der Waals surface area contributed by atoms with Gasteiger partial charge in [0, 0.05) is 24.3 Å². The number of phenolic OH excluding ortho intramolecular Hbond substituents is 1. The molecule has 0 spiro atoms. The van der Waals surface area contributed by atoms with Crippen LogP contribution in [0.5, 0.6) is 5.75 Å². The number of ether oxygens (including phenoxy) is 2. The Morgan fingerprint density at radius 2 is 1.37 bits per heavy atom. The Labute approximate surface area is 116 Å². The highest BCUT2D eigenvalue weighted by molar-refractivity contribution is 5.39. The van der Waals surface area contributed by atoms with Gasteiger partial charge in [0.15, 0.2) is 0 Å². The molecule has 0 aliphatic carbocycles. The molecule has 1 aromatic carbocycles. The number of aromatic hydroxyl groups is 1. The zero-order valence-corrected chi connectivity index (χ0v) is 12.2. The number of benzene rings is 1. The number of phenols is 1. The van der Waals surface area contributed by atoms with E-state index in [0.717, 1.165) is 50.0 Å². The summed E-state index contributed by atoms with van der Waals surface area (Å²) in [5.74, 6) is 0.315. The van der Waals surface area contributed by atoms with Crippen LogP contribution in [0.15, 0.2) is 18.2 Å². The minimum atomic E-state index is 0.315. The molecule has 3 nitrogen and oxygen atoms in total. The minimum Gasteiger partial charge on any atom is -0.507 e. The fourth-order valence-electron chi connectivity index (χ4n) is 1.73. The molecule has 0 bridgehead atoms. The summed E-state index contributed by atoms with van der Waals surface area (Å²) < 4.78 is 11.1. The maximum Gasteiger partial charge on any atom is 0.126 e. The van der Waals surface area contributed by atoms with Gasteiger partial charge in [0.05, 0.1) is 13.2 Å². The molecule has 0 heterocycles. The van der Waals surface area contributed by atoms with Crippen molar-refractivity contribution in [3.05, 3.63) is 29.3 Å². The molecule has 19 heavy (non-hydrogen) atoms. The Morgan fingerprint density at radius 3 is 1.79 bits per heavy atom. The van der Waals surface area contributed by atoms with Crippen LogP contribution in [-0.4, -0.2) is 18.3 Å². The normalized spacial score (nSPS) is 10.8. The van der Waals surface area contributed by atoms with Gasteiger partial charge < -0.3 is 14.6 Å². The van der Waals surface area contributed by atoms with Gasteiger partial charge in [0.1, 0.15) is 5.75 Å². The number of unbranched alkanes of at least 4 members (excludes halogenated alkanes) is 2. The van der Waals surface area contributed by atoms with E-state index < -0.39 is 0 Å². The van der Waals surface area contributed by atoms with E-state index in [1.54, 1.807) is 0 Å². The number of hydrogen-bond donors (Lipinski definition) is 1. The Bertz CT molecular complexity index is 320. The lowest BCUT2D eigenvalue weighted by atomic mass is 10.1. The highest BCUT2D eigenvalue weighted by Crippen LogP contribution is 2.24. The molecule has 0 aromatic heterocycles. The lowest BCUT2D eigenvalue weighted by Gasteiger charge is -2.10. The molecular formula is C16H26O3. The van der Waals surface area contributed by atoms with E-state index in [-0.39, 0.29) is 0 Å². The molecule has 0 fully saturated rings. The predicted molar refractivity (Wildman–Crippen MR) is 77.2 cm³/mol. The van der Waals surface area contributed by atoms with E-state index in [2.05, 4.69) is 13.8 Å². The van der Waals surface area contributed by atoms with Crippen LogP contribution in [0.3, 0.4) is 0 Å². The van der Waals surface area contributed by atoms with E-state index in [1.807, 2.05) is 18.2 Å². The van der Waals surface area contributed by atoms with E-state index in [9.17, 15) is 5.11 Å². The number of hydrogen-bond acceptors (Lipinski definition) is 3. The second kappa shape index (κ2) is 9.82. The monoisotopic (exact) mass is 266 g/mol. The van der Waals surface area contributed by atoms with Crippen LogP contribution in [0.1, 0.15) is 50.7 Å². The summed E-state index contributed by atoms with van der Waals surface area (Å²) in [7, 11) is 0. The summed E-state index contributed by atoms with van der Waals surface area (Å²) >= 11 is 0. The average Bonchev–Trinajstić information content (AvgIpc) is 2.43. The van der Waals surface area contributed by atoms with E-state index in [1.165, 1.54) is 0 Å². The second-order valence-corrected chi connectivity index (χ2v) is 4.74. The molecule has 108 valence electrons. The molecule has 0 aliphatic rings. The third kappa shape index (κ3) is 6.08. The van der Waals surface area contributed by atoms with Crippen molar-refractivity contribution in [3.8, 4) is 5.75 Å². The molecule has 0 radical (unpaired) electrons. The van der Waals surface area contributed by atoms with Gasteiger partial charge in [-0.2, -0.15) is 0 Å². The Morgan fingerprint density at radius 1 is 0.895 bits per heavy atom. The zero-order valence-electron chi connectivity index (χ0n) is 12.2. The van der Waals surface area contributed by atoms with Gasteiger partial charge in [0.25, 0.3) is 0 Å². The lowest BCUT2D eigenvalue weighted by Crippen LogP contribution is -1.99. The maximum atomic E-state index is 10.1. The van der Waals surface area contributed by atoms with Gasteiger partial charge in [-0.1, -0.05) is 44.9 Å². The largest absolute Gasteiger partial charge is 0.507 e. The van der Waals surface area contributed by atoms with Gasteiger partial charge in [-0.15, -0.1) is 0 Å². The second-order valence-electron chi connectivity index (χ2n) is 4.74. The van der Waals surface area contributed by atoms with E-state index in [4.69, 9.17) is 9.47 Å². The van der Waals surface area contributed by atoms with Crippen molar-refractivity contribution in [3.63, 3.8) is 0 Å². The van der Waals surface area contributed by atoms with Crippen LogP contribution in [0.4, 0.5) is 0 Å². The summed E-state index contributed by atoms with van der Waals surface area (Å²) in [5, 5.41) is 10.1. The first-order chi connectivity index (χ1) is 9.29. The number of para-hydroxylation sites is 1. The topological polar surface area (TPSA) is 38.7 Å². The van der Waals surface area contributed by atoms with E-state index >= 15 is 0 Å². The Hall–Kier alpha value is -1.06. The van der Waals surface area contributed by atoms with E-state index in [0.29, 0.717) is 19.0 Å². The molecule has 0 unspecified atom stereocenters. The fourth-order valence-corrected chi connectivity index (χ4v) is 1.73. The van der Waals surface area contributed by atoms with Crippen LogP contribution in [0.2, 0.25) is 0 Å². The van der Waals surface area contributed by atoms with Gasteiger partial charge in [-0.25, -0.2) is 0 Å². The SMILES string of the molecule is CCCCOCc1cccc(COCCCC)c1O. The predicted octanol–water partition coefficient (Wildman–Crippen LogP) is 4.03. The van der Waals surface area contributed by atoms with Crippen molar-refractivity contribution in [2.75, 3.05) is 13.2 Å². The zero-order chi connectivity index (χ0) is 13.9. The Kier molecular flexibility index (Phi) is 8.26. The third-order valence-electron chi connectivity index (χ3n) is 3.00. The lowest BCUT2D eigenvalue weighted by molar-refractivity contribution is 0.111. The molecule has 3 heteroatoms. The quantitative estimate of drug-likeness (QED) is 0.650. The molecule has 1 N–H and O–H groups in total. The van der Waals surface area contributed by atoms with Gasteiger partial charge in [0.2, 0.25) is 0 Å². The van der Waals surface area contributed by atoms with Crippen molar-refractivity contribution >= 4 is 0 Å². The van der Waals surface area contributed by atoms with Crippen molar-refractivity contribution in [2.24, 2.45) is 0 Å². The summed E-state index contributed by atoms with van der Waals surface area (Å²) in [5.41, 5.74) is 1.68. The summed E-state index contributed by atoms with van der Waals surface area (Å²) in [6.07, 6.45) is 4.36. The third-order valence-corrected chi connectivity index (χ3v) is 3.00. The molecule has 0 amide bonds. The molecule has 1 rings (SSSR count). The van der Waals surface area contributed by atoms with Gasteiger partial charge in [-0.3, -0.25) is 0 Å². The fraction of sp³-hybridized carbons (Fsp3) is 0.625. The van der Waals surface area contributed by atoms with Crippen molar-refractivity contribution in [1.29, 1.82) is 0 Å². The molecule has 0 atom stereocenters. The van der Waals surface area contributed by atoms with Crippen molar-refractivity contribution in [1.82, 2.24) is 0 Å². The first-order valence-corrected chi connectivity index (χ1v) is 7.24. The van der Waals surface area contributed by atoms with Crippen LogP contribution >= 0.6 is 0 Å². The summed E-state index contributed by atoms with van der Waals surface area (Å²) in [6, 6.07) is 5.74. The first-order valence-electron chi connectivity index (χ1n) is 7.24. The summed E-state index contributed by atoms with van der Waals surface area (Å²) in [4.78, 5) is 0. The standard InChI is InChI=1S/C16H26O3/c1-3-5-10-18-12-14-8-7-9-15(16(14)17)13-19-11-6-4-2/h7-9,17H,3-6,10-13H2,1-2H3. The molecule has 1 aromatic rings. The van der Waals surface area contributed by atoms with Gasteiger partial charge >= 0.3 is 0 Å². The maximum absolute atomic E-state index is 10.1.